The van der Waals surface area contributed by atoms with E-state index in [0.717, 1.165) is 13.2 Å². The first-order valence-electron chi connectivity index (χ1n) is 7.08. The SMILES string of the molecule is CCCCCCCC[SiH2]C(OCC)OCC. The Morgan fingerprint density at radius 2 is 1.38 bits per heavy atom. The van der Waals surface area contributed by atoms with Crippen LogP contribution in [0.3, 0.4) is 0 Å². The molecule has 0 rings (SSSR count). The summed E-state index contributed by atoms with van der Waals surface area (Å²) in [7, 11) is -0.181. The first-order valence-corrected chi connectivity index (χ1v) is 8.89. The van der Waals surface area contributed by atoms with Crippen molar-refractivity contribution in [3.63, 3.8) is 0 Å². The van der Waals surface area contributed by atoms with Crippen LogP contribution in [-0.4, -0.2) is 28.6 Å². The van der Waals surface area contributed by atoms with Crippen molar-refractivity contribution in [1.29, 1.82) is 0 Å². The van der Waals surface area contributed by atoms with Crippen molar-refractivity contribution in [2.24, 2.45) is 0 Å². The van der Waals surface area contributed by atoms with E-state index in [1.165, 1.54) is 44.6 Å². The highest BCUT2D eigenvalue weighted by atomic mass is 28.2. The van der Waals surface area contributed by atoms with Gasteiger partial charge in [0, 0.05) is 13.2 Å². The molecule has 3 heteroatoms. The summed E-state index contributed by atoms with van der Waals surface area (Å²) in [5.41, 5.74) is 0. The molecule has 2 nitrogen and oxygen atoms in total. The molecular formula is C13H30O2Si. The van der Waals surface area contributed by atoms with Crippen LogP contribution in [0.2, 0.25) is 6.04 Å². The number of unbranched alkanes of at least 4 members (excludes halogenated alkanes) is 5. The van der Waals surface area contributed by atoms with Crippen LogP contribution in [0.1, 0.15) is 59.3 Å². The quantitative estimate of drug-likeness (QED) is 0.299. The van der Waals surface area contributed by atoms with Crippen LogP contribution in [0, 0.1) is 0 Å². The van der Waals surface area contributed by atoms with Gasteiger partial charge in [-0.2, -0.15) is 0 Å². The molecule has 0 heterocycles. The van der Waals surface area contributed by atoms with Gasteiger partial charge in [-0.1, -0.05) is 51.5 Å². The van der Waals surface area contributed by atoms with Crippen molar-refractivity contribution < 1.29 is 9.47 Å². The van der Waals surface area contributed by atoms with E-state index in [1.807, 2.05) is 13.8 Å². The third kappa shape index (κ3) is 10.6. The van der Waals surface area contributed by atoms with E-state index >= 15 is 0 Å². The highest BCUT2D eigenvalue weighted by Crippen LogP contribution is 2.08. The lowest BCUT2D eigenvalue weighted by Gasteiger charge is -2.16. The summed E-state index contributed by atoms with van der Waals surface area (Å²) in [5, 5.41) is 0. The van der Waals surface area contributed by atoms with E-state index in [1.54, 1.807) is 0 Å². The van der Waals surface area contributed by atoms with Crippen molar-refractivity contribution >= 4 is 9.52 Å². The summed E-state index contributed by atoms with van der Waals surface area (Å²) >= 11 is 0. The minimum atomic E-state index is -0.181. The fourth-order valence-corrected chi connectivity index (χ4v) is 3.63. The van der Waals surface area contributed by atoms with Gasteiger partial charge in [0.2, 0.25) is 0 Å². The van der Waals surface area contributed by atoms with Gasteiger partial charge in [0.15, 0.2) is 0 Å². The molecule has 0 spiro atoms. The first kappa shape index (κ1) is 16.1. The van der Waals surface area contributed by atoms with Crippen LogP contribution in [0.4, 0.5) is 0 Å². The van der Waals surface area contributed by atoms with Gasteiger partial charge in [-0.3, -0.25) is 0 Å². The number of rotatable bonds is 12. The minimum Gasteiger partial charge on any atom is -0.357 e. The largest absolute Gasteiger partial charge is 0.357 e. The molecule has 0 atom stereocenters. The third-order valence-electron chi connectivity index (χ3n) is 2.75. The Bertz CT molecular complexity index is 125. The fourth-order valence-electron chi connectivity index (χ4n) is 1.85. The highest BCUT2D eigenvalue weighted by Gasteiger charge is 2.07. The van der Waals surface area contributed by atoms with Crippen molar-refractivity contribution in [3.8, 4) is 0 Å². The topological polar surface area (TPSA) is 18.5 Å². The van der Waals surface area contributed by atoms with Crippen LogP contribution in [0.5, 0.6) is 0 Å². The van der Waals surface area contributed by atoms with Gasteiger partial charge in [-0.15, -0.1) is 0 Å². The van der Waals surface area contributed by atoms with Gasteiger partial charge in [0.25, 0.3) is 0 Å². The molecule has 0 saturated carbocycles. The van der Waals surface area contributed by atoms with E-state index in [2.05, 4.69) is 6.92 Å². The number of hydrogen-bond donors (Lipinski definition) is 0. The summed E-state index contributed by atoms with van der Waals surface area (Å²) in [4.78, 5) is 0. The summed E-state index contributed by atoms with van der Waals surface area (Å²) < 4.78 is 11.1. The monoisotopic (exact) mass is 246 g/mol. The molecular weight excluding hydrogens is 216 g/mol. The summed E-state index contributed by atoms with van der Waals surface area (Å²) in [6.07, 6.45) is 8.35. The first-order chi connectivity index (χ1) is 7.85. The lowest BCUT2D eigenvalue weighted by atomic mass is 10.1. The Kier molecular flexibility index (Phi) is 13.3. The molecule has 0 unspecified atom stereocenters. The zero-order valence-electron chi connectivity index (χ0n) is 11.5. The highest BCUT2D eigenvalue weighted by molar-refractivity contribution is 6.36. The maximum absolute atomic E-state index is 5.57. The molecule has 0 aliphatic carbocycles. The molecule has 0 bridgehead atoms. The maximum atomic E-state index is 5.57. The van der Waals surface area contributed by atoms with Crippen LogP contribution in [-0.2, 0) is 9.47 Å². The Balaban J connectivity index is 3.25. The average Bonchev–Trinajstić information content (AvgIpc) is 2.28. The summed E-state index contributed by atoms with van der Waals surface area (Å²) in [6.45, 7) is 7.93. The zero-order chi connectivity index (χ0) is 12.1. The van der Waals surface area contributed by atoms with Crippen molar-refractivity contribution in [2.45, 2.75) is 71.3 Å². The molecule has 0 aliphatic heterocycles. The third-order valence-corrected chi connectivity index (χ3v) is 4.60. The molecule has 98 valence electrons. The van der Waals surface area contributed by atoms with E-state index in [0.29, 0.717) is 0 Å². The van der Waals surface area contributed by atoms with Gasteiger partial charge in [-0.05, 0) is 13.8 Å². The average molecular weight is 246 g/mol. The fraction of sp³-hybridized carbons (Fsp3) is 1.00. The second-order valence-corrected chi connectivity index (χ2v) is 6.20. The van der Waals surface area contributed by atoms with Crippen LogP contribution in [0.25, 0.3) is 0 Å². The van der Waals surface area contributed by atoms with Gasteiger partial charge in [-0.25, -0.2) is 0 Å². The van der Waals surface area contributed by atoms with Gasteiger partial charge in [0.05, 0.1) is 9.52 Å². The summed E-state index contributed by atoms with van der Waals surface area (Å²) in [5.74, 6) is 0.172. The van der Waals surface area contributed by atoms with Crippen LogP contribution < -0.4 is 0 Å². The minimum absolute atomic E-state index is 0.172. The maximum Gasteiger partial charge on any atom is 0.134 e. The molecule has 0 fully saturated rings. The predicted octanol–water partition coefficient (Wildman–Crippen LogP) is 3.29. The van der Waals surface area contributed by atoms with E-state index in [-0.39, 0.29) is 15.4 Å². The van der Waals surface area contributed by atoms with Crippen molar-refractivity contribution in [2.75, 3.05) is 13.2 Å². The summed E-state index contributed by atoms with van der Waals surface area (Å²) in [6, 6.07) is 1.37. The normalized spacial score (nSPS) is 12.0. The van der Waals surface area contributed by atoms with E-state index in [9.17, 15) is 0 Å². The molecule has 0 radical (unpaired) electrons. The molecule has 0 amide bonds. The Hall–Kier alpha value is 0.137. The number of hydrogen-bond acceptors (Lipinski definition) is 2. The lowest BCUT2D eigenvalue weighted by Crippen LogP contribution is -2.24. The van der Waals surface area contributed by atoms with Crippen molar-refractivity contribution in [3.05, 3.63) is 0 Å². The van der Waals surface area contributed by atoms with E-state index < -0.39 is 0 Å². The van der Waals surface area contributed by atoms with Crippen LogP contribution >= 0.6 is 0 Å². The Morgan fingerprint density at radius 1 is 0.812 bits per heavy atom. The van der Waals surface area contributed by atoms with Gasteiger partial charge in [0.1, 0.15) is 5.91 Å². The lowest BCUT2D eigenvalue weighted by molar-refractivity contribution is -0.0827. The second-order valence-electron chi connectivity index (χ2n) is 4.25. The van der Waals surface area contributed by atoms with Gasteiger partial charge >= 0.3 is 0 Å². The van der Waals surface area contributed by atoms with E-state index in [4.69, 9.17) is 9.47 Å². The molecule has 0 N–H and O–H groups in total. The molecule has 0 aromatic carbocycles. The number of ether oxygens (including phenoxy) is 2. The second kappa shape index (κ2) is 13.2. The van der Waals surface area contributed by atoms with Gasteiger partial charge < -0.3 is 9.47 Å². The molecule has 0 aromatic heterocycles. The predicted molar refractivity (Wildman–Crippen MR) is 73.8 cm³/mol. The molecule has 0 aliphatic rings. The molecule has 0 saturated heterocycles. The standard InChI is InChI=1S/C13H30O2Si/c1-4-7-8-9-10-11-12-16-13(14-5-2)15-6-3/h13H,4-12,16H2,1-3H3. The Labute approximate surface area is 104 Å². The zero-order valence-corrected chi connectivity index (χ0v) is 12.9. The Morgan fingerprint density at radius 3 is 1.94 bits per heavy atom. The van der Waals surface area contributed by atoms with Crippen LogP contribution in [0.15, 0.2) is 0 Å². The molecule has 0 aromatic rings. The van der Waals surface area contributed by atoms with Crippen molar-refractivity contribution in [1.82, 2.24) is 0 Å². The smallest absolute Gasteiger partial charge is 0.134 e. The molecule has 16 heavy (non-hydrogen) atoms.